The molecular formula is C6H5ClN4. The van der Waals surface area contributed by atoms with Crippen LogP contribution in [-0.4, -0.2) is 20.0 Å². The zero-order valence-electron chi connectivity index (χ0n) is 5.53. The van der Waals surface area contributed by atoms with Gasteiger partial charge in [-0.05, 0) is 0 Å². The zero-order chi connectivity index (χ0) is 7.68. The van der Waals surface area contributed by atoms with E-state index in [4.69, 9.17) is 11.6 Å². The van der Waals surface area contributed by atoms with Crippen LogP contribution in [0, 0.1) is 0 Å². The molecule has 0 fully saturated rings. The standard InChI is InChI=1S/C6H5ClN4/c7-5-3-9-11(4-5)6-1-2-8-10-6/h1-4H,(H,8,10). The van der Waals surface area contributed by atoms with Crippen molar-refractivity contribution >= 4 is 11.6 Å². The number of nitrogens with one attached hydrogen (secondary N) is 1. The van der Waals surface area contributed by atoms with Gasteiger partial charge in [-0.25, -0.2) is 4.68 Å². The molecule has 0 unspecified atom stereocenters. The van der Waals surface area contributed by atoms with E-state index in [0.29, 0.717) is 5.02 Å². The molecule has 0 spiro atoms. The highest BCUT2D eigenvalue weighted by Crippen LogP contribution is 2.08. The normalized spacial score (nSPS) is 10.3. The highest BCUT2D eigenvalue weighted by molar-refractivity contribution is 6.30. The Bertz CT molecular complexity index is 337. The lowest BCUT2D eigenvalue weighted by Gasteiger charge is -1.91. The van der Waals surface area contributed by atoms with Crippen LogP contribution < -0.4 is 0 Å². The van der Waals surface area contributed by atoms with Crippen LogP contribution in [0.25, 0.3) is 5.82 Å². The molecule has 56 valence electrons. The van der Waals surface area contributed by atoms with Crippen molar-refractivity contribution in [2.75, 3.05) is 0 Å². The van der Waals surface area contributed by atoms with Crippen LogP contribution >= 0.6 is 11.6 Å². The van der Waals surface area contributed by atoms with E-state index in [1.165, 1.54) is 0 Å². The first-order valence-electron chi connectivity index (χ1n) is 3.06. The summed E-state index contributed by atoms with van der Waals surface area (Å²) < 4.78 is 1.62. The Morgan fingerprint density at radius 2 is 2.45 bits per heavy atom. The van der Waals surface area contributed by atoms with Gasteiger partial charge in [-0.2, -0.15) is 10.2 Å². The van der Waals surface area contributed by atoms with Crippen molar-refractivity contribution < 1.29 is 0 Å². The first kappa shape index (κ1) is 6.42. The van der Waals surface area contributed by atoms with Crippen molar-refractivity contribution in [3.63, 3.8) is 0 Å². The molecule has 0 aliphatic carbocycles. The summed E-state index contributed by atoms with van der Waals surface area (Å²) in [6, 6.07) is 1.81. The third-order valence-corrected chi connectivity index (χ3v) is 1.48. The van der Waals surface area contributed by atoms with Crippen LogP contribution in [0.15, 0.2) is 24.7 Å². The number of hydrogen-bond acceptors (Lipinski definition) is 2. The van der Waals surface area contributed by atoms with Crippen LogP contribution in [0.1, 0.15) is 0 Å². The molecule has 0 aliphatic heterocycles. The second-order valence-corrected chi connectivity index (χ2v) is 2.48. The molecule has 5 heteroatoms. The summed E-state index contributed by atoms with van der Waals surface area (Å²) >= 11 is 5.66. The topological polar surface area (TPSA) is 46.5 Å². The molecule has 0 aromatic carbocycles. The second-order valence-electron chi connectivity index (χ2n) is 2.05. The molecule has 0 saturated heterocycles. The molecule has 0 atom stereocenters. The monoisotopic (exact) mass is 168 g/mol. The van der Waals surface area contributed by atoms with Crippen LogP contribution in [0.2, 0.25) is 5.02 Å². The molecule has 0 amide bonds. The molecule has 0 radical (unpaired) electrons. The average molecular weight is 169 g/mol. The van der Waals surface area contributed by atoms with Crippen LogP contribution in [0.5, 0.6) is 0 Å². The molecule has 1 N–H and O–H groups in total. The smallest absolute Gasteiger partial charge is 0.149 e. The molecule has 2 aromatic rings. The van der Waals surface area contributed by atoms with Crippen LogP contribution in [-0.2, 0) is 0 Å². The van der Waals surface area contributed by atoms with Gasteiger partial charge in [0.2, 0.25) is 0 Å². The Morgan fingerprint density at radius 1 is 1.55 bits per heavy atom. The lowest BCUT2D eigenvalue weighted by molar-refractivity contribution is 0.836. The fourth-order valence-electron chi connectivity index (χ4n) is 0.809. The van der Waals surface area contributed by atoms with Gasteiger partial charge in [0.25, 0.3) is 0 Å². The van der Waals surface area contributed by atoms with Crippen LogP contribution in [0.3, 0.4) is 0 Å². The summed E-state index contributed by atoms with van der Waals surface area (Å²) in [4.78, 5) is 0. The van der Waals surface area contributed by atoms with E-state index >= 15 is 0 Å². The maximum absolute atomic E-state index is 5.66. The molecule has 0 aliphatic rings. The van der Waals surface area contributed by atoms with E-state index in [0.717, 1.165) is 5.82 Å². The second kappa shape index (κ2) is 2.39. The largest absolute Gasteiger partial charge is 0.261 e. The van der Waals surface area contributed by atoms with Gasteiger partial charge in [0.05, 0.1) is 23.6 Å². The van der Waals surface area contributed by atoms with Gasteiger partial charge in [0, 0.05) is 6.07 Å². The predicted molar refractivity (Wildman–Crippen MR) is 40.7 cm³/mol. The SMILES string of the molecule is Clc1cnn(-c2ccn[nH]2)c1. The first-order valence-corrected chi connectivity index (χ1v) is 3.44. The Balaban J connectivity index is 2.45. The lowest BCUT2D eigenvalue weighted by Crippen LogP contribution is -1.93. The molecule has 4 nitrogen and oxygen atoms in total. The summed E-state index contributed by atoms with van der Waals surface area (Å²) in [6.07, 6.45) is 4.93. The molecule has 0 saturated carbocycles. The zero-order valence-corrected chi connectivity index (χ0v) is 6.28. The van der Waals surface area contributed by atoms with Crippen LogP contribution in [0.4, 0.5) is 0 Å². The minimum atomic E-state index is 0.611. The lowest BCUT2D eigenvalue weighted by atomic mass is 10.6. The number of rotatable bonds is 1. The summed E-state index contributed by atoms with van der Waals surface area (Å²) in [6.45, 7) is 0. The number of nitrogens with zero attached hydrogens (tertiary/aromatic N) is 3. The molecule has 0 bridgehead atoms. The summed E-state index contributed by atoms with van der Waals surface area (Å²) in [5.74, 6) is 0.803. The van der Waals surface area contributed by atoms with Gasteiger partial charge in [-0.15, -0.1) is 0 Å². The molecule has 2 heterocycles. The van der Waals surface area contributed by atoms with Gasteiger partial charge in [0.15, 0.2) is 0 Å². The quantitative estimate of drug-likeness (QED) is 0.697. The number of aromatic amines is 1. The highest BCUT2D eigenvalue weighted by Gasteiger charge is 1.97. The Morgan fingerprint density at radius 3 is 3.00 bits per heavy atom. The summed E-state index contributed by atoms with van der Waals surface area (Å²) in [5.41, 5.74) is 0. The van der Waals surface area contributed by atoms with E-state index in [-0.39, 0.29) is 0 Å². The van der Waals surface area contributed by atoms with Gasteiger partial charge < -0.3 is 0 Å². The van der Waals surface area contributed by atoms with Crippen molar-refractivity contribution in [3.8, 4) is 5.82 Å². The number of hydrogen-bond donors (Lipinski definition) is 1. The van der Waals surface area contributed by atoms with Crippen molar-refractivity contribution in [1.29, 1.82) is 0 Å². The molecule has 2 rings (SSSR count). The summed E-state index contributed by atoms with van der Waals surface area (Å²) in [5, 5.41) is 11.1. The van der Waals surface area contributed by atoms with E-state index in [1.807, 2.05) is 6.07 Å². The van der Waals surface area contributed by atoms with Crippen molar-refractivity contribution in [2.24, 2.45) is 0 Å². The highest BCUT2D eigenvalue weighted by atomic mass is 35.5. The van der Waals surface area contributed by atoms with Crippen molar-refractivity contribution in [1.82, 2.24) is 20.0 Å². The molecule has 2 aromatic heterocycles. The third-order valence-electron chi connectivity index (χ3n) is 1.28. The molecule has 11 heavy (non-hydrogen) atoms. The number of H-pyrrole nitrogens is 1. The van der Waals surface area contributed by atoms with E-state index in [1.54, 1.807) is 23.3 Å². The predicted octanol–water partition coefficient (Wildman–Crippen LogP) is 1.25. The van der Waals surface area contributed by atoms with Gasteiger partial charge >= 0.3 is 0 Å². The fourth-order valence-corrected chi connectivity index (χ4v) is 0.945. The first-order chi connectivity index (χ1) is 5.36. The maximum atomic E-state index is 5.66. The number of halogens is 1. The average Bonchev–Trinajstić information content (AvgIpc) is 2.55. The summed E-state index contributed by atoms with van der Waals surface area (Å²) in [7, 11) is 0. The fraction of sp³-hybridized carbons (Fsp3) is 0. The van der Waals surface area contributed by atoms with E-state index in [2.05, 4.69) is 15.3 Å². The minimum Gasteiger partial charge on any atom is -0.261 e. The Hall–Kier alpha value is -1.29. The van der Waals surface area contributed by atoms with Gasteiger partial charge in [-0.1, -0.05) is 11.6 Å². The van der Waals surface area contributed by atoms with E-state index < -0.39 is 0 Å². The van der Waals surface area contributed by atoms with Gasteiger partial charge in [-0.3, -0.25) is 5.10 Å². The van der Waals surface area contributed by atoms with Crippen molar-refractivity contribution in [2.45, 2.75) is 0 Å². The number of aromatic nitrogens is 4. The minimum absolute atomic E-state index is 0.611. The Kier molecular flexibility index (Phi) is 1.40. The third kappa shape index (κ3) is 1.12. The van der Waals surface area contributed by atoms with E-state index in [9.17, 15) is 0 Å². The molecular weight excluding hydrogens is 164 g/mol. The Labute approximate surface area is 67.8 Å². The van der Waals surface area contributed by atoms with Crippen molar-refractivity contribution in [3.05, 3.63) is 29.7 Å². The maximum Gasteiger partial charge on any atom is 0.149 e. The van der Waals surface area contributed by atoms with Gasteiger partial charge in [0.1, 0.15) is 5.82 Å².